The van der Waals surface area contributed by atoms with Crippen molar-refractivity contribution >= 4 is 11.8 Å². The van der Waals surface area contributed by atoms with E-state index < -0.39 is 29.5 Å². The highest BCUT2D eigenvalue weighted by Crippen LogP contribution is 2.29. The van der Waals surface area contributed by atoms with Crippen LogP contribution in [0.25, 0.3) is 0 Å². The molecule has 1 aliphatic heterocycles. The predicted octanol–water partition coefficient (Wildman–Crippen LogP) is 3.03. The normalized spacial score (nSPS) is 19.1. The van der Waals surface area contributed by atoms with Gasteiger partial charge in [0.05, 0.1) is 0 Å². The lowest BCUT2D eigenvalue weighted by molar-refractivity contribution is -0.0665. The van der Waals surface area contributed by atoms with Gasteiger partial charge in [-0.15, -0.1) is 0 Å². The molecule has 0 bridgehead atoms. The van der Waals surface area contributed by atoms with E-state index in [1.54, 1.807) is 20.8 Å². The molecule has 0 aromatic heterocycles. The van der Waals surface area contributed by atoms with Gasteiger partial charge in [-0.25, -0.2) is 4.79 Å². The maximum atomic E-state index is 12.6. The van der Waals surface area contributed by atoms with Gasteiger partial charge in [-0.2, -0.15) is 13.2 Å². The zero-order valence-corrected chi connectivity index (χ0v) is 11.7. The van der Waals surface area contributed by atoms with Crippen molar-refractivity contribution in [1.82, 2.24) is 4.90 Å². The lowest BCUT2D eigenvalue weighted by Gasteiger charge is -2.33. The number of piperidine rings is 1. The van der Waals surface area contributed by atoms with Crippen LogP contribution in [0.2, 0.25) is 0 Å². The van der Waals surface area contributed by atoms with Crippen LogP contribution < -0.4 is 0 Å². The maximum absolute atomic E-state index is 12.6. The number of halogens is 3. The number of likely N-dealkylation sites (tertiary alicyclic amines) is 1. The monoisotopic (exact) mass is 296 g/mol. The standard InChI is InChI=1S/C12H19F3N2O3/c1-11(2,3)20-10(18)17-6-4-8(5-7-17)9(16-19)12(13,14)15/h8,19H,4-7H2,1-3H3/b16-9+. The number of alkyl halides is 3. The Balaban J connectivity index is 2.58. The summed E-state index contributed by atoms with van der Waals surface area (Å²) in [4.78, 5) is 13.1. The van der Waals surface area contributed by atoms with Crippen molar-refractivity contribution in [3.05, 3.63) is 0 Å². The van der Waals surface area contributed by atoms with Crippen molar-refractivity contribution in [3.8, 4) is 0 Å². The summed E-state index contributed by atoms with van der Waals surface area (Å²) in [6.45, 7) is 5.46. The van der Waals surface area contributed by atoms with E-state index in [4.69, 9.17) is 9.94 Å². The third kappa shape index (κ3) is 4.57. The van der Waals surface area contributed by atoms with Crippen LogP contribution in [0, 0.1) is 5.92 Å². The van der Waals surface area contributed by atoms with Crippen LogP contribution in [0.1, 0.15) is 33.6 Å². The molecule has 0 unspecified atom stereocenters. The first-order valence-corrected chi connectivity index (χ1v) is 6.31. The molecule has 1 rings (SSSR count). The number of hydrogen-bond donors (Lipinski definition) is 1. The molecule has 20 heavy (non-hydrogen) atoms. The van der Waals surface area contributed by atoms with Gasteiger partial charge in [0.25, 0.3) is 0 Å². The van der Waals surface area contributed by atoms with Crippen molar-refractivity contribution in [2.45, 2.75) is 45.4 Å². The Bertz CT molecular complexity index is 380. The van der Waals surface area contributed by atoms with Gasteiger partial charge >= 0.3 is 12.3 Å². The molecule has 1 fully saturated rings. The van der Waals surface area contributed by atoms with Crippen molar-refractivity contribution in [2.75, 3.05) is 13.1 Å². The Morgan fingerprint density at radius 3 is 2.10 bits per heavy atom. The van der Waals surface area contributed by atoms with Gasteiger partial charge in [0.15, 0.2) is 5.71 Å². The average Bonchev–Trinajstić information content (AvgIpc) is 2.26. The molecule has 5 nitrogen and oxygen atoms in total. The number of ether oxygens (including phenoxy) is 1. The van der Waals surface area contributed by atoms with Gasteiger partial charge in [-0.1, -0.05) is 5.16 Å². The molecular weight excluding hydrogens is 277 g/mol. The molecule has 0 atom stereocenters. The van der Waals surface area contributed by atoms with Crippen LogP contribution in [0.3, 0.4) is 0 Å². The first kappa shape index (κ1) is 16.6. The second-order valence-corrected chi connectivity index (χ2v) is 5.72. The number of nitrogens with zero attached hydrogens (tertiary/aromatic N) is 2. The minimum Gasteiger partial charge on any atom is -0.444 e. The molecule has 0 aliphatic carbocycles. The Morgan fingerprint density at radius 2 is 1.75 bits per heavy atom. The third-order valence-corrected chi connectivity index (χ3v) is 2.93. The quantitative estimate of drug-likeness (QED) is 0.459. The molecule has 1 heterocycles. The van der Waals surface area contributed by atoms with Crippen LogP contribution >= 0.6 is 0 Å². The first-order chi connectivity index (χ1) is 9.04. The molecule has 0 saturated carbocycles. The SMILES string of the molecule is CC(C)(C)OC(=O)N1CCC(/C(=N\O)C(F)(F)F)CC1. The van der Waals surface area contributed by atoms with Gasteiger partial charge < -0.3 is 14.8 Å². The molecule has 0 aromatic carbocycles. The summed E-state index contributed by atoms with van der Waals surface area (Å²) in [5.74, 6) is -0.890. The zero-order chi connectivity index (χ0) is 15.6. The van der Waals surface area contributed by atoms with Crippen LogP contribution in [-0.4, -0.2) is 46.8 Å². The zero-order valence-electron chi connectivity index (χ0n) is 11.7. The van der Waals surface area contributed by atoms with E-state index in [1.165, 1.54) is 4.90 Å². The topological polar surface area (TPSA) is 62.1 Å². The molecule has 0 spiro atoms. The molecule has 1 N–H and O–H groups in total. The number of rotatable bonds is 1. The molecule has 1 saturated heterocycles. The lowest BCUT2D eigenvalue weighted by atomic mass is 9.92. The van der Waals surface area contributed by atoms with E-state index in [0.717, 1.165) is 0 Å². The van der Waals surface area contributed by atoms with Gasteiger partial charge in [0.1, 0.15) is 5.60 Å². The number of oxime groups is 1. The van der Waals surface area contributed by atoms with Crippen LogP contribution in [0.4, 0.5) is 18.0 Å². The lowest BCUT2D eigenvalue weighted by Crippen LogP contribution is -2.44. The van der Waals surface area contributed by atoms with E-state index in [2.05, 4.69) is 5.16 Å². The number of amides is 1. The molecule has 116 valence electrons. The van der Waals surface area contributed by atoms with Crippen molar-refractivity contribution in [2.24, 2.45) is 11.1 Å². The summed E-state index contributed by atoms with van der Waals surface area (Å²) in [6, 6.07) is 0. The Labute approximate surface area is 115 Å². The Kier molecular flexibility index (Phi) is 4.88. The second-order valence-electron chi connectivity index (χ2n) is 5.72. The Hall–Kier alpha value is -1.47. The van der Waals surface area contributed by atoms with Crippen LogP contribution in [0.5, 0.6) is 0 Å². The second kappa shape index (κ2) is 5.88. The predicted molar refractivity (Wildman–Crippen MR) is 65.8 cm³/mol. The van der Waals surface area contributed by atoms with E-state index in [-0.39, 0.29) is 25.9 Å². The number of carbonyl (C=O) groups is 1. The molecule has 8 heteroatoms. The van der Waals surface area contributed by atoms with Crippen molar-refractivity contribution in [3.63, 3.8) is 0 Å². The summed E-state index contributed by atoms with van der Waals surface area (Å²) >= 11 is 0. The molecule has 1 amide bonds. The summed E-state index contributed by atoms with van der Waals surface area (Å²) < 4.78 is 42.9. The average molecular weight is 296 g/mol. The fraction of sp³-hybridized carbons (Fsp3) is 0.833. The fourth-order valence-electron chi connectivity index (χ4n) is 2.03. The largest absolute Gasteiger partial charge is 0.444 e. The summed E-state index contributed by atoms with van der Waals surface area (Å²) in [7, 11) is 0. The van der Waals surface area contributed by atoms with E-state index in [1.807, 2.05) is 0 Å². The highest BCUT2D eigenvalue weighted by Gasteiger charge is 2.43. The van der Waals surface area contributed by atoms with Crippen molar-refractivity contribution < 1.29 is 27.9 Å². The van der Waals surface area contributed by atoms with Gasteiger partial charge in [-0.3, -0.25) is 0 Å². The fourth-order valence-corrected chi connectivity index (χ4v) is 2.03. The molecular formula is C12H19F3N2O3. The highest BCUT2D eigenvalue weighted by molar-refractivity contribution is 5.91. The third-order valence-electron chi connectivity index (χ3n) is 2.93. The minimum atomic E-state index is -4.65. The van der Waals surface area contributed by atoms with E-state index >= 15 is 0 Å². The summed E-state index contributed by atoms with van der Waals surface area (Å²) in [6.07, 6.45) is -4.99. The van der Waals surface area contributed by atoms with E-state index in [9.17, 15) is 18.0 Å². The van der Waals surface area contributed by atoms with E-state index in [0.29, 0.717) is 0 Å². The van der Waals surface area contributed by atoms with Crippen LogP contribution in [0.15, 0.2) is 5.16 Å². The molecule has 0 aromatic rings. The molecule has 1 aliphatic rings. The van der Waals surface area contributed by atoms with Gasteiger partial charge in [-0.05, 0) is 33.6 Å². The van der Waals surface area contributed by atoms with Crippen LogP contribution in [-0.2, 0) is 4.74 Å². The highest BCUT2D eigenvalue weighted by atomic mass is 19.4. The van der Waals surface area contributed by atoms with Gasteiger partial charge in [0, 0.05) is 19.0 Å². The smallest absolute Gasteiger partial charge is 0.432 e. The van der Waals surface area contributed by atoms with Gasteiger partial charge in [0.2, 0.25) is 0 Å². The maximum Gasteiger partial charge on any atom is 0.432 e. The minimum absolute atomic E-state index is 0.0954. The first-order valence-electron chi connectivity index (χ1n) is 6.31. The summed E-state index contributed by atoms with van der Waals surface area (Å²) in [5.41, 5.74) is -1.82. The molecule has 0 radical (unpaired) electrons. The number of hydrogen-bond acceptors (Lipinski definition) is 4. The number of carbonyl (C=O) groups excluding carboxylic acids is 1. The Morgan fingerprint density at radius 1 is 1.25 bits per heavy atom. The van der Waals surface area contributed by atoms with Crippen molar-refractivity contribution in [1.29, 1.82) is 0 Å². The summed E-state index contributed by atoms with van der Waals surface area (Å²) in [5, 5.41) is 10.9.